The summed E-state index contributed by atoms with van der Waals surface area (Å²) in [6.45, 7) is 3.00. The van der Waals surface area contributed by atoms with Crippen molar-refractivity contribution in [3.63, 3.8) is 0 Å². The molecule has 3 rings (SSSR count). The molecule has 0 aliphatic carbocycles. The van der Waals surface area contributed by atoms with Gasteiger partial charge in [-0.25, -0.2) is 21.1 Å². The first kappa shape index (κ1) is 13.8. The van der Waals surface area contributed by atoms with Crippen LogP contribution in [0.25, 0.3) is 0 Å². The summed E-state index contributed by atoms with van der Waals surface area (Å²) in [4.78, 5) is 0. The Balaban J connectivity index is 1.70. The fourth-order valence-corrected chi connectivity index (χ4v) is 7.24. The lowest BCUT2D eigenvalue weighted by Crippen LogP contribution is -2.42. The maximum Gasteiger partial charge on any atom is 0.217 e. The van der Waals surface area contributed by atoms with Gasteiger partial charge in [-0.2, -0.15) is 0 Å². The van der Waals surface area contributed by atoms with Crippen LogP contribution < -0.4 is 5.32 Å². The van der Waals surface area contributed by atoms with E-state index in [0.29, 0.717) is 24.9 Å². The van der Waals surface area contributed by atoms with E-state index in [-0.39, 0.29) is 24.3 Å². The second-order valence-corrected chi connectivity index (χ2v) is 10.4. The number of nitrogens with one attached hydrogen (secondary N) is 1. The highest BCUT2D eigenvalue weighted by molar-refractivity contribution is 7.92. The van der Waals surface area contributed by atoms with Gasteiger partial charge in [0.15, 0.2) is 0 Å². The van der Waals surface area contributed by atoms with E-state index in [0.717, 1.165) is 13.1 Å². The van der Waals surface area contributed by atoms with Crippen LogP contribution in [0, 0.1) is 11.8 Å². The first-order valence-electron chi connectivity index (χ1n) is 6.78. The fourth-order valence-electron chi connectivity index (χ4n) is 3.40. The van der Waals surface area contributed by atoms with Gasteiger partial charge in [0.05, 0.1) is 16.8 Å². The number of sulfone groups is 1. The Kier molecular flexibility index (Phi) is 3.40. The molecule has 0 saturated carbocycles. The summed E-state index contributed by atoms with van der Waals surface area (Å²) in [5.74, 6) is 0.891. The lowest BCUT2D eigenvalue weighted by atomic mass is 10.0. The van der Waals surface area contributed by atoms with Gasteiger partial charge in [-0.15, -0.1) is 0 Å². The normalized spacial score (nSPS) is 36.4. The van der Waals surface area contributed by atoms with Gasteiger partial charge in [-0.1, -0.05) is 0 Å². The summed E-state index contributed by atoms with van der Waals surface area (Å²) >= 11 is 0. The number of rotatable bonds is 2. The van der Waals surface area contributed by atoms with E-state index in [1.54, 1.807) is 4.31 Å². The minimum absolute atomic E-state index is 0.0130. The number of nitrogens with zero attached hydrogens (tertiary/aromatic N) is 1. The summed E-state index contributed by atoms with van der Waals surface area (Å²) in [5, 5.41) is 2.79. The van der Waals surface area contributed by atoms with Crippen LogP contribution in [-0.4, -0.2) is 64.1 Å². The highest BCUT2D eigenvalue weighted by Crippen LogP contribution is 2.31. The molecule has 6 nitrogen and oxygen atoms in total. The van der Waals surface area contributed by atoms with E-state index in [2.05, 4.69) is 5.32 Å². The molecule has 0 bridgehead atoms. The summed E-state index contributed by atoms with van der Waals surface area (Å²) < 4.78 is 49.5. The maximum atomic E-state index is 12.5. The first-order valence-corrected chi connectivity index (χ1v) is 10.1. The molecule has 110 valence electrons. The van der Waals surface area contributed by atoms with Gasteiger partial charge >= 0.3 is 0 Å². The Morgan fingerprint density at radius 3 is 2.05 bits per heavy atom. The van der Waals surface area contributed by atoms with Crippen LogP contribution >= 0.6 is 0 Å². The second-order valence-electron chi connectivity index (χ2n) is 5.89. The van der Waals surface area contributed by atoms with E-state index >= 15 is 0 Å². The van der Waals surface area contributed by atoms with Crippen LogP contribution in [0.15, 0.2) is 0 Å². The van der Waals surface area contributed by atoms with Crippen LogP contribution in [0.4, 0.5) is 0 Å². The van der Waals surface area contributed by atoms with Crippen molar-refractivity contribution < 1.29 is 16.8 Å². The Labute approximate surface area is 114 Å². The third kappa shape index (κ3) is 2.55. The molecular weight excluding hydrogens is 288 g/mol. The lowest BCUT2D eigenvalue weighted by Gasteiger charge is -2.27. The minimum Gasteiger partial charge on any atom is -0.316 e. The monoisotopic (exact) mass is 308 g/mol. The number of hydrogen-bond acceptors (Lipinski definition) is 5. The standard InChI is InChI=1S/C11H20N2O4S2/c14-18(15)3-1-11(2-4-18)19(16,17)13-7-9-5-12-6-10(9)8-13/h9-12H,1-8H2/t9-,10+. The number of fused-ring (bicyclic) bond motifs is 1. The van der Waals surface area contributed by atoms with Crippen molar-refractivity contribution in [1.29, 1.82) is 0 Å². The zero-order chi connectivity index (χ0) is 13.7. The van der Waals surface area contributed by atoms with Gasteiger partial charge in [0.2, 0.25) is 10.0 Å². The Morgan fingerprint density at radius 1 is 1.00 bits per heavy atom. The van der Waals surface area contributed by atoms with E-state index in [1.165, 1.54) is 0 Å². The predicted molar refractivity (Wildman–Crippen MR) is 72.0 cm³/mol. The molecule has 19 heavy (non-hydrogen) atoms. The Hall–Kier alpha value is -0.180. The molecule has 0 aromatic rings. The molecule has 1 N–H and O–H groups in total. The van der Waals surface area contributed by atoms with Crippen LogP contribution in [0.2, 0.25) is 0 Å². The zero-order valence-electron chi connectivity index (χ0n) is 10.8. The van der Waals surface area contributed by atoms with E-state index in [9.17, 15) is 16.8 Å². The quantitative estimate of drug-likeness (QED) is 0.711. The Morgan fingerprint density at radius 2 is 1.53 bits per heavy atom. The van der Waals surface area contributed by atoms with Gasteiger partial charge in [0, 0.05) is 13.1 Å². The van der Waals surface area contributed by atoms with Gasteiger partial charge in [0.25, 0.3) is 0 Å². The molecule has 3 heterocycles. The first-order chi connectivity index (χ1) is 8.88. The molecule has 3 aliphatic rings. The largest absolute Gasteiger partial charge is 0.316 e. The highest BCUT2D eigenvalue weighted by Gasteiger charge is 2.44. The second kappa shape index (κ2) is 4.68. The predicted octanol–water partition coefficient (Wildman–Crippen LogP) is -0.955. The van der Waals surface area contributed by atoms with Crippen molar-refractivity contribution in [2.75, 3.05) is 37.7 Å². The summed E-state index contributed by atoms with van der Waals surface area (Å²) in [6.07, 6.45) is 0.517. The molecule has 3 aliphatic heterocycles. The van der Waals surface area contributed by atoms with Crippen molar-refractivity contribution >= 4 is 19.9 Å². The third-order valence-corrected chi connectivity index (χ3v) is 8.69. The van der Waals surface area contributed by atoms with Gasteiger partial charge in [-0.3, -0.25) is 0 Å². The van der Waals surface area contributed by atoms with Gasteiger partial charge in [0.1, 0.15) is 9.84 Å². The SMILES string of the molecule is O=S1(=O)CCC(S(=O)(=O)N2C[C@H]3CNC[C@H]3C2)CC1. The third-order valence-electron chi connectivity index (χ3n) is 4.64. The molecule has 3 saturated heterocycles. The Bertz CT molecular complexity index is 531. The van der Waals surface area contributed by atoms with Crippen LogP contribution in [-0.2, 0) is 19.9 Å². The summed E-state index contributed by atoms with van der Waals surface area (Å²) in [7, 11) is -6.32. The summed E-state index contributed by atoms with van der Waals surface area (Å²) in [5.41, 5.74) is 0. The lowest BCUT2D eigenvalue weighted by molar-refractivity contribution is 0.433. The van der Waals surface area contributed by atoms with Crippen molar-refractivity contribution in [1.82, 2.24) is 9.62 Å². The molecule has 0 aromatic carbocycles. The van der Waals surface area contributed by atoms with Crippen molar-refractivity contribution in [3.05, 3.63) is 0 Å². The molecule has 0 unspecified atom stereocenters. The zero-order valence-corrected chi connectivity index (χ0v) is 12.4. The smallest absolute Gasteiger partial charge is 0.217 e. The average Bonchev–Trinajstić information content (AvgIpc) is 2.88. The number of hydrogen-bond donors (Lipinski definition) is 1. The van der Waals surface area contributed by atoms with Gasteiger partial charge in [-0.05, 0) is 37.8 Å². The van der Waals surface area contributed by atoms with Crippen molar-refractivity contribution in [2.24, 2.45) is 11.8 Å². The van der Waals surface area contributed by atoms with Crippen LogP contribution in [0.5, 0.6) is 0 Å². The van der Waals surface area contributed by atoms with E-state index in [1.807, 2.05) is 0 Å². The molecule has 8 heteroatoms. The minimum atomic E-state index is -3.31. The highest BCUT2D eigenvalue weighted by atomic mass is 32.2. The van der Waals surface area contributed by atoms with Crippen LogP contribution in [0.1, 0.15) is 12.8 Å². The molecule has 2 atom stereocenters. The van der Waals surface area contributed by atoms with Crippen molar-refractivity contribution in [3.8, 4) is 0 Å². The molecule has 0 amide bonds. The maximum absolute atomic E-state index is 12.5. The fraction of sp³-hybridized carbons (Fsp3) is 1.00. The molecule has 3 fully saturated rings. The number of sulfonamides is 1. The average molecular weight is 308 g/mol. The van der Waals surface area contributed by atoms with E-state index in [4.69, 9.17) is 0 Å². The molecule has 0 radical (unpaired) electrons. The summed E-state index contributed by atoms with van der Waals surface area (Å²) in [6, 6.07) is 0. The molecule has 0 spiro atoms. The molecule has 0 aromatic heterocycles. The van der Waals surface area contributed by atoms with Gasteiger partial charge < -0.3 is 5.32 Å². The topological polar surface area (TPSA) is 83.5 Å². The van der Waals surface area contributed by atoms with Crippen LogP contribution in [0.3, 0.4) is 0 Å². The molecular formula is C11H20N2O4S2. The van der Waals surface area contributed by atoms with E-state index < -0.39 is 25.1 Å². The van der Waals surface area contributed by atoms with Crippen molar-refractivity contribution in [2.45, 2.75) is 18.1 Å².